The maximum Gasteiger partial charge on any atom is 0.262 e. The van der Waals surface area contributed by atoms with E-state index >= 15 is 0 Å². The number of hydrogen-bond donors (Lipinski definition) is 3. The number of nitrogens with one attached hydrogen (secondary N) is 3. The lowest BCUT2D eigenvalue weighted by Gasteiger charge is -2.14. The Balaban J connectivity index is 1.55. The van der Waals surface area contributed by atoms with Crippen LogP contribution in [-0.4, -0.2) is 26.5 Å². The van der Waals surface area contributed by atoms with Gasteiger partial charge in [0.25, 0.3) is 10.0 Å². The Morgan fingerprint density at radius 3 is 2.66 bits per heavy atom. The van der Waals surface area contributed by atoms with Crippen molar-refractivity contribution in [2.45, 2.75) is 11.3 Å². The molecule has 6 heteroatoms. The Hall–Kier alpha value is -3.09. The second kappa shape index (κ2) is 7.06. The van der Waals surface area contributed by atoms with Crippen molar-refractivity contribution < 1.29 is 8.42 Å². The van der Waals surface area contributed by atoms with Crippen LogP contribution in [0.5, 0.6) is 0 Å². The van der Waals surface area contributed by atoms with Crippen LogP contribution in [0.15, 0.2) is 77.8 Å². The maximum absolute atomic E-state index is 13.1. The molecule has 5 rings (SSSR count). The van der Waals surface area contributed by atoms with Gasteiger partial charge in [-0.25, -0.2) is 8.42 Å². The molecular weight excluding hydrogens is 382 g/mol. The van der Waals surface area contributed by atoms with Gasteiger partial charge < -0.3 is 10.3 Å². The Labute approximate surface area is 169 Å². The molecule has 29 heavy (non-hydrogen) atoms. The van der Waals surface area contributed by atoms with Crippen molar-refractivity contribution in [3.05, 3.63) is 78.5 Å². The number of rotatable bonds is 4. The van der Waals surface area contributed by atoms with Crippen LogP contribution in [0.4, 0.5) is 5.69 Å². The number of hydrogen-bond acceptors (Lipinski definition) is 3. The fourth-order valence-electron chi connectivity index (χ4n) is 3.96. The van der Waals surface area contributed by atoms with Crippen molar-refractivity contribution in [2.24, 2.45) is 0 Å². The predicted octanol–water partition coefficient (Wildman–Crippen LogP) is 4.50. The third kappa shape index (κ3) is 3.30. The van der Waals surface area contributed by atoms with E-state index in [0.717, 1.165) is 41.4 Å². The van der Waals surface area contributed by atoms with Gasteiger partial charge in [-0.1, -0.05) is 42.5 Å². The lowest BCUT2D eigenvalue weighted by Crippen LogP contribution is -2.19. The van der Waals surface area contributed by atoms with E-state index in [2.05, 4.69) is 21.1 Å². The molecule has 3 aromatic carbocycles. The van der Waals surface area contributed by atoms with Gasteiger partial charge in [0.2, 0.25) is 0 Å². The smallest absolute Gasteiger partial charge is 0.262 e. The van der Waals surface area contributed by atoms with Crippen LogP contribution < -0.4 is 10.0 Å². The van der Waals surface area contributed by atoms with Crippen LogP contribution in [-0.2, 0) is 10.0 Å². The third-order valence-corrected chi connectivity index (χ3v) is 6.82. The minimum Gasteiger partial charge on any atom is -0.361 e. The fourth-order valence-corrected chi connectivity index (χ4v) is 5.24. The highest BCUT2D eigenvalue weighted by Crippen LogP contribution is 2.31. The zero-order valence-corrected chi connectivity index (χ0v) is 16.6. The molecule has 0 atom stereocenters. The molecule has 0 unspecified atom stereocenters. The number of benzene rings is 3. The first-order valence-corrected chi connectivity index (χ1v) is 11.1. The largest absolute Gasteiger partial charge is 0.361 e. The number of aromatic amines is 1. The molecule has 0 fully saturated rings. The van der Waals surface area contributed by atoms with Gasteiger partial charge in [-0.2, -0.15) is 0 Å². The Kier molecular flexibility index (Phi) is 4.38. The molecule has 1 aliphatic heterocycles. The molecule has 0 spiro atoms. The van der Waals surface area contributed by atoms with E-state index in [4.69, 9.17) is 0 Å². The van der Waals surface area contributed by atoms with Crippen LogP contribution in [0, 0.1) is 0 Å². The monoisotopic (exact) mass is 403 g/mol. The standard InChI is InChI=1S/C23H21N3O2S/c27-29(28,23-7-3-5-16-4-1-2-6-19(16)23)26-18-8-9-22-20(14-18)21(15-25-22)17-10-12-24-13-11-17/h1-10,14-15,24-26H,11-13H2. The lowest BCUT2D eigenvalue weighted by atomic mass is 9.99. The second-order valence-corrected chi connectivity index (χ2v) is 8.88. The minimum absolute atomic E-state index is 0.283. The number of sulfonamides is 1. The van der Waals surface area contributed by atoms with Crippen molar-refractivity contribution in [2.75, 3.05) is 17.8 Å². The highest BCUT2D eigenvalue weighted by atomic mass is 32.2. The molecule has 0 aliphatic carbocycles. The van der Waals surface area contributed by atoms with Crippen molar-refractivity contribution in [1.82, 2.24) is 10.3 Å². The van der Waals surface area contributed by atoms with Gasteiger partial charge in [-0.3, -0.25) is 4.72 Å². The Bertz CT molecular complexity index is 1350. The van der Waals surface area contributed by atoms with E-state index in [1.807, 2.05) is 48.7 Å². The second-order valence-electron chi connectivity index (χ2n) is 7.23. The number of anilines is 1. The summed E-state index contributed by atoms with van der Waals surface area (Å²) < 4.78 is 29.0. The van der Waals surface area contributed by atoms with Crippen molar-refractivity contribution in [3.8, 4) is 0 Å². The molecule has 0 saturated carbocycles. The van der Waals surface area contributed by atoms with Gasteiger partial charge in [-0.05, 0) is 48.2 Å². The van der Waals surface area contributed by atoms with Gasteiger partial charge in [0.1, 0.15) is 0 Å². The van der Waals surface area contributed by atoms with Gasteiger partial charge in [0.05, 0.1) is 4.90 Å². The molecule has 146 valence electrons. The summed E-state index contributed by atoms with van der Waals surface area (Å²) >= 11 is 0. The average molecular weight is 404 g/mol. The molecule has 0 amide bonds. The molecule has 2 heterocycles. The van der Waals surface area contributed by atoms with Gasteiger partial charge in [0, 0.05) is 40.3 Å². The van der Waals surface area contributed by atoms with E-state index in [0.29, 0.717) is 11.1 Å². The topological polar surface area (TPSA) is 74.0 Å². The summed E-state index contributed by atoms with van der Waals surface area (Å²) in [6.45, 7) is 1.81. The summed E-state index contributed by atoms with van der Waals surface area (Å²) in [5.41, 5.74) is 3.96. The summed E-state index contributed by atoms with van der Waals surface area (Å²) in [4.78, 5) is 3.58. The normalized spacial score (nSPS) is 14.8. The van der Waals surface area contributed by atoms with Crippen molar-refractivity contribution in [1.29, 1.82) is 0 Å². The van der Waals surface area contributed by atoms with Crippen LogP contribution in [0.1, 0.15) is 12.0 Å². The highest BCUT2D eigenvalue weighted by Gasteiger charge is 2.18. The molecule has 3 N–H and O–H groups in total. The summed E-state index contributed by atoms with van der Waals surface area (Å²) in [5.74, 6) is 0. The molecule has 1 aromatic heterocycles. The average Bonchev–Trinajstić information content (AvgIpc) is 3.17. The number of H-pyrrole nitrogens is 1. The Morgan fingerprint density at radius 2 is 1.79 bits per heavy atom. The first-order valence-electron chi connectivity index (χ1n) is 9.64. The summed E-state index contributed by atoms with van der Waals surface area (Å²) in [6.07, 6.45) is 5.16. The SMILES string of the molecule is O=S(=O)(Nc1ccc2[nH]cc(C3=CCNCC3)c2c1)c1cccc2ccccc12. The van der Waals surface area contributed by atoms with E-state index in [1.165, 1.54) is 5.57 Å². The first-order chi connectivity index (χ1) is 14.1. The van der Waals surface area contributed by atoms with E-state index in [1.54, 1.807) is 18.2 Å². The highest BCUT2D eigenvalue weighted by molar-refractivity contribution is 7.93. The summed E-state index contributed by atoms with van der Waals surface area (Å²) in [5, 5.41) is 5.96. The Morgan fingerprint density at radius 1 is 0.931 bits per heavy atom. The zero-order valence-electron chi connectivity index (χ0n) is 15.8. The first kappa shape index (κ1) is 18.0. The van der Waals surface area contributed by atoms with Gasteiger partial charge in [-0.15, -0.1) is 0 Å². The van der Waals surface area contributed by atoms with Crippen molar-refractivity contribution in [3.63, 3.8) is 0 Å². The lowest BCUT2D eigenvalue weighted by molar-refractivity contribution is 0.602. The fraction of sp³-hybridized carbons (Fsp3) is 0.130. The number of fused-ring (bicyclic) bond motifs is 2. The minimum atomic E-state index is -3.71. The van der Waals surface area contributed by atoms with Crippen LogP contribution in [0.25, 0.3) is 27.2 Å². The molecule has 5 nitrogen and oxygen atoms in total. The predicted molar refractivity (Wildman–Crippen MR) is 119 cm³/mol. The van der Waals surface area contributed by atoms with Gasteiger partial charge >= 0.3 is 0 Å². The molecule has 4 aromatic rings. The summed E-state index contributed by atoms with van der Waals surface area (Å²) in [6, 6.07) is 18.5. The molecule has 1 aliphatic rings. The van der Waals surface area contributed by atoms with Crippen molar-refractivity contribution >= 4 is 43.0 Å². The molecule has 0 saturated heterocycles. The quantitative estimate of drug-likeness (QED) is 0.470. The van der Waals surface area contributed by atoms with E-state index in [9.17, 15) is 8.42 Å². The van der Waals surface area contributed by atoms with Crippen LogP contribution in [0.2, 0.25) is 0 Å². The van der Waals surface area contributed by atoms with E-state index < -0.39 is 10.0 Å². The molecule has 0 bridgehead atoms. The third-order valence-electron chi connectivity index (χ3n) is 5.38. The molecule has 0 radical (unpaired) electrons. The van der Waals surface area contributed by atoms with Crippen LogP contribution >= 0.6 is 0 Å². The number of aromatic nitrogens is 1. The van der Waals surface area contributed by atoms with E-state index in [-0.39, 0.29) is 4.90 Å². The van der Waals surface area contributed by atoms with Gasteiger partial charge in [0.15, 0.2) is 0 Å². The maximum atomic E-state index is 13.1. The molecular formula is C23H21N3O2S. The zero-order chi connectivity index (χ0) is 19.8. The summed E-state index contributed by atoms with van der Waals surface area (Å²) in [7, 11) is -3.71. The van der Waals surface area contributed by atoms with Crippen LogP contribution in [0.3, 0.4) is 0 Å².